The third kappa shape index (κ3) is 3.07. The van der Waals surface area contributed by atoms with E-state index in [0.29, 0.717) is 18.6 Å². The number of rotatable bonds is 6. The fourth-order valence-corrected chi connectivity index (χ4v) is 2.73. The maximum absolute atomic E-state index is 11.5. The van der Waals surface area contributed by atoms with Crippen molar-refractivity contribution in [1.29, 1.82) is 0 Å². The summed E-state index contributed by atoms with van der Waals surface area (Å²) >= 11 is 0. The fraction of sp³-hybridized carbons (Fsp3) is 0.500. The van der Waals surface area contributed by atoms with Crippen molar-refractivity contribution in [2.45, 2.75) is 25.7 Å². The van der Waals surface area contributed by atoms with Crippen molar-refractivity contribution in [3.63, 3.8) is 0 Å². The van der Waals surface area contributed by atoms with Gasteiger partial charge in [-0.3, -0.25) is 14.9 Å². The van der Waals surface area contributed by atoms with Gasteiger partial charge in [-0.15, -0.1) is 0 Å². The van der Waals surface area contributed by atoms with Gasteiger partial charge in [-0.25, -0.2) is 0 Å². The molecule has 1 aromatic carbocycles. The zero-order valence-electron chi connectivity index (χ0n) is 11.8. The summed E-state index contributed by atoms with van der Waals surface area (Å²) in [6, 6.07) is 4.37. The first kappa shape index (κ1) is 15.1. The number of hydrogen-bond acceptors (Lipinski definition) is 5. The first-order chi connectivity index (χ1) is 9.98. The average molecular weight is 294 g/mol. The van der Waals surface area contributed by atoms with Crippen molar-refractivity contribution in [2.24, 2.45) is 5.41 Å². The second kappa shape index (κ2) is 5.99. The monoisotopic (exact) mass is 294 g/mol. The summed E-state index contributed by atoms with van der Waals surface area (Å²) in [5.41, 5.74) is -0.641. The Balaban J connectivity index is 2.22. The number of nitrogens with zero attached hydrogens (tertiary/aromatic N) is 1. The van der Waals surface area contributed by atoms with E-state index in [-0.39, 0.29) is 17.9 Å². The molecule has 0 saturated heterocycles. The van der Waals surface area contributed by atoms with E-state index in [1.54, 1.807) is 0 Å². The van der Waals surface area contributed by atoms with Crippen LogP contribution in [0, 0.1) is 15.5 Å². The molecule has 0 aromatic heterocycles. The molecule has 0 atom stereocenters. The van der Waals surface area contributed by atoms with E-state index in [9.17, 15) is 20.0 Å². The highest BCUT2D eigenvalue weighted by Gasteiger charge is 2.41. The molecule has 0 amide bonds. The second-order valence-electron chi connectivity index (χ2n) is 5.29. The molecule has 0 bridgehead atoms. The van der Waals surface area contributed by atoms with Gasteiger partial charge in [0.2, 0.25) is 0 Å². The fourth-order valence-electron chi connectivity index (χ4n) is 2.73. The number of nitro groups is 1. The SMILES string of the molecule is COc1ccc([N+](=O)[O-])c(NCC2(C(=O)O)CCCC2)c1. The number of ether oxygens (including phenoxy) is 1. The Labute approximate surface area is 122 Å². The Kier molecular flexibility index (Phi) is 4.30. The van der Waals surface area contributed by atoms with Gasteiger partial charge >= 0.3 is 5.97 Å². The van der Waals surface area contributed by atoms with Crippen LogP contribution < -0.4 is 10.1 Å². The quantitative estimate of drug-likeness (QED) is 0.617. The van der Waals surface area contributed by atoms with E-state index in [1.165, 1.54) is 25.3 Å². The number of nitro benzene ring substituents is 1. The number of benzene rings is 1. The molecule has 21 heavy (non-hydrogen) atoms. The number of nitrogens with one attached hydrogen (secondary N) is 1. The van der Waals surface area contributed by atoms with Crippen LogP contribution in [0.15, 0.2) is 18.2 Å². The molecule has 1 aromatic rings. The predicted octanol–water partition coefficient (Wildman–Crippen LogP) is 2.66. The standard InChI is InChI=1S/C14H18N2O5/c1-21-10-4-5-12(16(19)20)11(8-10)15-9-14(13(17)18)6-2-3-7-14/h4-5,8,15H,2-3,6-7,9H2,1H3,(H,17,18). The van der Waals surface area contributed by atoms with Gasteiger partial charge in [0.05, 0.1) is 17.4 Å². The molecule has 1 fully saturated rings. The predicted molar refractivity (Wildman–Crippen MR) is 76.7 cm³/mol. The van der Waals surface area contributed by atoms with Crippen LogP contribution in [0.25, 0.3) is 0 Å². The first-order valence-corrected chi connectivity index (χ1v) is 6.78. The van der Waals surface area contributed by atoms with E-state index < -0.39 is 16.3 Å². The topological polar surface area (TPSA) is 102 Å². The minimum absolute atomic E-state index is 0.0886. The minimum Gasteiger partial charge on any atom is -0.497 e. The third-order valence-corrected chi connectivity index (χ3v) is 4.03. The third-order valence-electron chi connectivity index (χ3n) is 4.03. The van der Waals surface area contributed by atoms with Crippen molar-refractivity contribution in [1.82, 2.24) is 0 Å². The number of anilines is 1. The highest BCUT2D eigenvalue weighted by atomic mass is 16.6. The van der Waals surface area contributed by atoms with Gasteiger partial charge in [-0.05, 0) is 18.9 Å². The maximum Gasteiger partial charge on any atom is 0.311 e. The molecule has 7 heteroatoms. The maximum atomic E-state index is 11.5. The molecule has 1 saturated carbocycles. The molecular weight excluding hydrogens is 276 g/mol. The van der Waals surface area contributed by atoms with Crippen LogP contribution in [0.4, 0.5) is 11.4 Å². The molecule has 0 spiro atoms. The zero-order valence-corrected chi connectivity index (χ0v) is 11.8. The summed E-state index contributed by atoms with van der Waals surface area (Å²) in [7, 11) is 1.47. The number of carboxylic acid groups (broad SMARTS) is 1. The first-order valence-electron chi connectivity index (χ1n) is 6.78. The molecule has 0 aliphatic heterocycles. The summed E-state index contributed by atoms with van der Waals surface area (Å²) in [5.74, 6) is -0.364. The molecule has 0 heterocycles. The van der Waals surface area contributed by atoms with Gasteiger partial charge in [0.1, 0.15) is 11.4 Å². The Bertz CT molecular complexity index is 552. The van der Waals surface area contributed by atoms with E-state index >= 15 is 0 Å². The van der Waals surface area contributed by atoms with Crippen LogP contribution in [0.3, 0.4) is 0 Å². The molecule has 7 nitrogen and oxygen atoms in total. The molecule has 2 rings (SSSR count). The van der Waals surface area contributed by atoms with Gasteiger partial charge in [0.15, 0.2) is 0 Å². The van der Waals surface area contributed by atoms with Crippen LogP contribution in [-0.2, 0) is 4.79 Å². The largest absolute Gasteiger partial charge is 0.497 e. The Morgan fingerprint density at radius 1 is 1.48 bits per heavy atom. The lowest BCUT2D eigenvalue weighted by atomic mass is 9.86. The summed E-state index contributed by atoms with van der Waals surface area (Å²) in [4.78, 5) is 22.0. The number of carbonyl (C=O) groups is 1. The lowest BCUT2D eigenvalue weighted by Gasteiger charge is -2.24. The Hall–Kier alpha value is -2.31. The summed E-state index contributed by atoms with van der Waals surface area (Å²) in [5, 5.41) is 23.4. The second-order valence-corrected chi connectivity index (χ2v) is 5.29. The summed E-state index contributed by atoms with van der Waals surface area (Å²) in [6.45, 7) is 0.177. The highest BCUT2D eigenvalue weighted by molar-refractivity contribution is 5.76. The van der Waals surface area contributed by atoms with Gasteiger partial charge < -0.3 is 15.2 Å². The number of aliphatic carboxylic acids is 1. The lowest BCUT2D eigenvalue weighted by molar-refractivity contribution is -0.384. The number of carboxylic acids is 1. The lowest BCUT2D eigenvalue weighted by Crippen LogP contribution is -2.35. The van der Waals surface area contributed by atoms with E-state index in [2.05, 4.69) is 5.32 Å². The van der Waals surface area contributed by atoms with Crippen LogP contribution in [-0.4, -0.2) is 29.7 Å². The number of methoxy groups -OCH3 is 1. The van der Waals surface area contributed by atoms with Crippen molar-refractivity contribution < 1.29 is 19.6 Å². The van der Waals surface area contributed by atoms with Gasteiger partial charge in [0.25, 0.3) is 5.69 Å². The molecule has 114 valence electrons. The van der Waals surface area contributed by atoms with Gasteiger partial charge in [0, 0.05) is 18.7 Å². The Morgan fingerprint density at radius 2 is 2.14 bits per heavy atom. The zero-order chi connectivity index (χ0) is 15.5. The van der Waals surface area contributed by atoms with Crippen LogP contribution >= 0.6 is 0 Å². The van der Waals surface area contributed by atoms with E-state index in [1.807, 2.05) is 0 Å². The van der Waals surface area contributed by atoms with Gasteiger partial charge in [-0.1, -0.05) is 12.8 Å². The van der Waals surface area contributed by atoms with Crippen molar-refractivity contribution in [3.8, 4) is 5.75 Å². The molecule has 1 aliphatic rings. The van der Waals surface area contributed by atoms with Gasteiger partial charge in [-0.2, -0.15) is 0 Å². The molecule has 0 unspecified atom stereocenters. The van der Waals surface area contributed by atoms with Crippen molar-refractivity contribution >= 4 is 17.3 Å². The van der Waals surface area contributed by atoms with E-state index in [4.69, 9.17) is 4.74 Å². The van der Waals surface area contributed by atoms with Crippen molar-refractivity contribution in [2.75, 3.05) is 19.0 Å². The van der Waals surface area contributed by atoms with Crippen LogP contribution in [0.1, 0.15) is 25.7 Å². The number of hydrogen-bond donors (Lipinski definition) is 2. The van der Waals surface area contributed by atoms with E-state index in [0.717, 1.165) is 12.8 Å². The smallest absolute Gasteiger partial charge is 0.311 e. The normalized spacial score (nSPS) is 16.4. The highest BCUT2D eigenvalue weighted by Crippen LogP contribution is 2.39. The molecule has 0 radical (unpaired) electrons. The summed E-state index contributed by atoms with van der Waals surface area (Å²) < 4.78 is 5.06. The summed E-state index contributed by atoms with van der Waals surface area (Å²) in [6.07, 6.45) is 2.92. The molecule has 1 aliphatic carbocycles. The van der Waals surface area contributed by atoms with Crippen molar-refractivity contribution in [3.05, 3.63) is 28.3 Å². The minimum atomic E-state index is -0.849. The van der Waals surface area contributed by atoms with Crippen LogP contribution in [0.2, 0.25) is 0 Å². The molecular formula is C14H18N2O5. The van der Waals surface area contributed by atoms with Crippen LogP contribution in [0.5, 0.6) is 5.75 Å². The molecule has 2 N–H and O–H groups in total. The Morgan fingerprint density at radius 3 is 2.67 bits per heavy atom. The average Bonchev–Trinajstić information content (AvgIpc) is 2.94.